The van der Waals surface area contributed by atoms with Crippen LogP contribution in [0.15, 0.2) is 30.3 Å². The highest BCUT2D eigenvalue weighted by molar-refractivity contribution is 6.35. The molecule has 0 saturated heterocycles. The van der Waals surface area contributed by atoms with Crippen molar-refractivity contribution >= 4 is 23.2 Å². The van der Waals surface area contributed by atoms with Gasteiger partial charge in [0.05, 0.1) is 6.61 Å². The molecule has 0 radical (unpaired) electrons. The lowest BCUT2D eigenvalue weighted by molar-refractivity contribution is 0.353. The van der Waals surface area contributed by atoms with Gasteiger partial charge in [0.15, 0.2) is 0 Å². The summed E-state index contributed by atoms with van der Waals surface area (Å²) < 4.78 is 5.63. The van der Waals surface area contributed by atoms with Gasteiger partial charge in [-0.15, -0.1) is 0 Å². The van der Waals surface area contributed by atoms with Crippen molar-refractivity contribution in [3.8, 4) is 16.9 Å². The Labute approximate surface area is 122 Å². The molecule has 4 heteroatoms. The minimum atomic E-state index is 0.453. The van der Waals surface area contributed by atoms with Gasteiger partial charge in [-0.05, 0) is 41.5 Å². The van der Waals surface area contributed by atoms with Crippen molar-refractivity contribution in [3.63, 3.8) is 0 Å². The third-order valence-electron chi connectivity index (χ3n) is 3.32. The van der Waals surface area contributed by atoms with E-state index in [2.05, 4.69) is 6.07 Å². The summed E-state index contributed by atoms with van der Waals surface area (Å²) in [4.78, 5) is 0. The standard InChI is InChI=1S/C15H13Cl2NO/c16-12-1-2-14(17)13(7-12)10-5-9-3-4-19-15(9)11(6-10)8-18/h1-2,5-7H,3-4,8,18H2. The van der Waals surface area contributed by atoms with Crippen molar-refractivity contribution in [2.24, 2.45) is 5.73 Å². The molecule has 0 spiro atoms. The van der Waals surface area contributed by atoms with Crippen LogP contribution in [0.5, 0.6) is 5.75 Å². The summed E-state index contributed by atoms with van der Waals surface area (Å²) in [5.41, 5.74) is 9.97. The highest BCUT2D eigenvalue weighted by atomic mass is 35.5. The van der Waals surface area contributed by atoms with E-state index in [1.165, 1.54) is 5.56 Å². The second-order valence-corrected chi connectivity index (χ2v) is 5.39. The highest BCUT2D eigenvalue weighted by Gasteiger charge is 2.18. The normalized spacial score (nSPS) is 13.2. The third kappa shape index (κ3) is 2.32. The van der Waals surface area contributed by atoms with Crippen LogP contribution < -0.4 is 10.5 Å². The quantitative estimate of drug-likeness (QED) is 0.906. The molecule has 1 aliphatic rings. The Morgan fingerprint density at radius 3 is 2.79 bits per heavy atom. The van der Waals surface area contributed by atoms with Crippen molar-refractivity contribution in [1.29, 1.82) is 0 Å². The molecule has 19 heavy (non-hydrogen) atoms. The van der Waals surface area contributed by atoms with Gasteiger partial charge in [0, 0.05) is 34.1 Å². The molecule has 3 rings (SSSR count). The highest BCUT2D eigenvalue weighted by Crippen LogP contribution is 2.37. The fourth-order valence-corrected chi connectivity index (χ4v) is 2.81. The van der Waals surface area contributed by atoms with Crippen molar-refractivity contribution in [3.05, 3.63) is 51.5 Å². The summed E-state index contributed by atoms with van der Waals surface area (Å²) >= 11 is 12.3. The maximum Gasteiger partial charge on any atom is 0.127 e. The minimum absolute atomic E-state index is 0.453. The molecule has 0 unspecified atom stereocenters. The molecule has 1 heterocycles. The van der Waals surface area contributed by atoms with Crippen molar-refractivity contribution in [2.45, 2.75) is 13.0 Å². The molecule has 0 aliphatic carbocycles. The molecule has 2 nitrogen and oxygen atoms in total. The summed E-state index contributed by atoms with van der Waals surface area (Å²) in [6.45, 7) is 1.17. The van der Waals surface area contributed by atoms with E-state index in [0.29, 0.717) is 16.6 Å². The van der Waals surface area contributed by atoms with Gasteiger partial charge in [0.25, 0.3) is 0 Å². The molecule has 0 bridgehead atoms. The molecule has 0 atom stereocenters. The molecular weight excluding hydrogens is 281 g/mol. The lowest BCUT2D eigenvalue weighted by Crippen LogP contribution is -2.00. The monoisotopic (exact) mass is 293 g/mol. The van der Waals surface area contributed by atoms with Crippen LogP contribution >= 0.6 is 23.2 Å². The number of hydrogen-bond acceptors (Lipinski definition) is 2. The topological polar surface area (TPSA) is 35.2 Å². The van der Waals surface area contributed by atoms with E-state index in [1.807, 2.05) is 18.2 Å². The largest absolute Gasteiger partial charge is 0.493 e. The second-order valence-electron chi connectivity index (χ2n) is 4.55. The van der Waals surface area contributed by atoms with Crippen LogP contribution in [0.3, 0.4) is 0 Å². The van der Waals surface area contributed by atoms with Crippen LogP contribution in [0, 0.1) is 0 Å². The average Bonchev–Trinajstić information content (AvgIpc) is 2.88. The van der Waals surface area contributed by atoms with Crippen LogP contribution in [0.4, 0.5) is 0 Å². The van der Waals surface area contributed by atoms with Crippen LogP contribution in [-0.2, 0) is 13.0 Å². The zero-order chi connectivity index (χ0) is 13.4. The summed E-state index contributed by atoms with van der Waals surface area (Å²) in [7, 11) is 0. The molecule has 2 N–H and O–H groups in total. The van der Waals surface area contributed by atoms with Crippen LogP contribution in [0.25, 0.3) is 11.1 Å². The average molecular weight is 294 g/mol. The number of halogens is 2. The summed E-state index contributed by atoms with van der Waals surface area (Å²) in [5.74, 6) is 0.935. The van der Waals surface area contributed by atoms with Gasteiger partial charge in [0.2, 0.25) is 0 Å². The third-order valence-corrected chi connectivity index (χ3v) is 3.88. The molecular formula is C15H13Cl2NO. The van der Waals surface area contributed by atoms with E-state index in [9.17, 15) is 0 Å². The van der Waals surface area contributed by atoms with Gasteiger partial charge >= 0.3 is 0 Å². The van der Waals surface area contributed by atoms with E-state index in [0.717, 1.165) is 35.5 Å². The smallest absolute Gasteiger partial charge is 0.127 e. The Bertz CT molecular complexity index is 640. The number of nitrogens with two attached hydrogens (primary N) is 1. The lowest BCUT2D eigenvalue weighted by atomic mass is 9.98. The van der Waals surface area contributed by atoms with Crippen LogP contribution in [-0.4, -0.2) is 6.61 Å². The zero-order valence-corrected chi connectivity index (χ0v) is 11.8. The Kier molecular flexibility index (Phi) is 3.40. The summed E-state index contributed by atoms with van der Waals surface area (Å²) in [6, 6.07) is 9.61. The molecule has 0 fully saturated rings. The molecule has 0 amide bonds. The van der Waals surface area contributed by atoms with Crippen molar-refractivity contribution in [1.82, 2.24) is 0 Å². The van der Waals surface area contributed by atoms with Gasteiger partial charge in [0.1, 0.15) is 5.75 Å². The van der Waals surface area contributed by atoms with E-state index in [1.54, 1.807) is 6.07 Å². The summed E-state index contributed by atoms with van der Waals surface area (Å²) in [6.07, 6.45) is 0.911. The Morgan fingerprint density at radius 1 is 1.16 bits per heavy atom. The number of ether oxygens (including phenoxy) is 1. The molecule has 0 aromatic heterocycles. The molecule has 0 saturated carbocycles. The first kappa shape index (κ1) is 12.8. The minimum Gasteiger partial charge on any atom is -0.493 e. The fourth-order valence-electron chi connectivity index (χ4n) is 2.41. The Balaban J connectivity index is 2.18. The number of rotatable bonds is 2. The van der Waals surface area contributed by atoms with Crippen LogP contribution in [0.1, 0.15) is 11.1 Å². The number of fused-ring (bicyclic) bond motifs is 1. The van der Waals surface area contributed by atoms with Crippen molar-refractivity contribution in [2.75, 3.05) is 6.61 Å². The maximum atomic E-state index is 6.26. The predicted octanol–water partition coefficient (Wildman–Crippen LogP) is 4.05. The van der Waals surface area contributed by atoms with E-state index >= 15 is 0 Å². The summed E-state index contributed by atoms with van der Waals surface area (Å²) in [5, 5.41) is 1.36. The van der Waals surface area contributed by atoms with Gasteiger partial charge in [-0.3, -0.25) is 0 Å². The van der Waals surface area contributed by atoms with Crippen LogP contribution in [0.2, 0.25) is 10.0 Å². The van der Waals surface area contributed by atoms with Gasteiger partial charge in [-0.2, -0.15) is 0 Å². The molecule has 2 aromatic rings. The second kappa shape index (κ2) is 5.04. The van der Waals surface area contributed by atoms with Gasteiger partial charge in [-0.25, -0.2) is 0 Å². The molecule has 1 aliphatic heterocycles. The maximum absolute atomic E-state index is 6.26. The Morgan fingerprint density at radius 2 is 2.00 bits per heavy atom. The SMILES string of the molecule is NCc1cc(-c2cc(Cl)ccc2Cl)cc2c1OCC2. The predicted molar refractivity (Wildman–Crippen MR) is 79.0 cm³/mol. The van der Waals surface area contributed by atoms with E-state index in [-0.39, 0.29) is 0 Å². The van der Waals surface area contributed by atoms with Gasteiger partial charge < -0.3 is 10.5 Å². The first-order valence-corrected chi connectivity index (χ1v) is 6.88. The lowest BCUT2D eigenvalue weighted by Gasteiger charge is -2.11. The first-order valence-electron chi connectivity index (χ1n) is 6.13. The van der Waals surface area contributed by atoms with E-state index in [4.69, 9.17) is 33.7 Å². The zero-order valence-electron chi connectivity index (χ0n) is 10.2. The number of benzene rings is 2. The van der Waals surface area contributed by atoms with E-state index < -0.39 is 0 Å². The molecule has 2 aromatic carbocycles. The van der Waals surface area contributed by atoms with Gasteiger partial charge in [-0.1, -0.05) is 23.2 Å². The number of hydrogen-bond donors (Lipinski definition) is 1. The first-order chi connectivity index (χ1) is 9.19. The van der Waals surface area contributed by atoms with Crippen molar-refractivity contribution < 1.29 is 4.74 Å². The Hall–Kier alpha value is -1.22. The molecule has 98 valence electrons. The fraction of sp³-hybridized carbons (Fsp3) is 0.200.